The maximum atomic E-state index is 11.9. The Kier molecular flexibility index (Phi) is 12.1. The number of rotatable bonds is 8. The zero-order chi connectivity index (χ0) is 27.4. The van der Waals surface area contributed by atoms with E-state index in [1.54, 1.807) is 45.1 Å². The van der Waals surface area contributed by atoms with Gasteiger partial charge in [-0.3, -0.25) is 14.9 Å². The molecule has 1 aromatic heterocycles. The van der Waals surface area contributed by atoms with Crippen LogP contribution in [0.2, 0.25) is 5.02 Å². The maximum Gasteiger partial charge on any atom is 0.341 e. The van der Waals surface area contributed by atoms with Crippen molar-refractivity contribution < 1.29 is 24.0 Å². The molecule has 0 aliphatic heterocycles. The Bertz CT molecular complexity index is 1260. The number of benzene rings is 1. The third-order valence-corrected chi connectivity index (χ3v) is 6.10. The van der Waals surface area contributed by atoms with Crippen molar-refractivity contribution in [1.29, 1.82) is 5.26 Å². The van der Waals surface area contributed by atoms with E-state index in [-0.39, 0.29) is 22.9 Å². The SMILES string of the molecule is C/C=C(\C#N)C(=O)Nc1sc(C)c(C)c1C(=O)OCC.C=C/C=C(\OC)c1ccc(Cl)c([N+](=O)[O-])c1. The van der Waals surface area contributed by atoms with Crippen LogP contribution in [0, 0.1) is 35.3 Å². The summed E-state index contributed by atoms with van der Waals surface area (Å²) in [4.78, 5) is 34.9. The fourth-order valence-electron chi connectivity index (χ4n) is 2.78. The van der Waals surface area contributed by atoms with E-state index in [1.807, 2.05) is 6.92 Å². The number of thiophene rings is 1. The molecule has 0 aliphatic carbocycles. The fourth-order valence-corrected chi connectivity index (χ4v) is 4.01. The summed E-state index contributed by atoms with van der Waals surface area (Å²) in [6.07, 6.45) is 4.58. The average molecular weight is 532 g/mol. The minimum absolute atomic E-state index is 0.00325. The zero-order valence-electron chi connectivity index (χ0n) is 20.5. The number of nitro groups is 1. The van der Waals surface area contributed by atoms with Crippen molar-refractivity contribution in [2.45, 2.75) is 27.7 Å². The minimum atomic E-state index is -0.535. The number of amides is 1. The molecule has 0 spiro atoms. The molecule has 0 saturated carbocycles. The van der Waals surface area contributed by atoms with Crippen molar-refractivity contribution in [2.24, 2.45) is 0 Å². The molecule has 0 atom stereocenters. The molecule has 0 unspecified atom stereocenters. The van der Waals surface area contributed by atoms with E-state index < -0.39 is 16.8 Å². The van der Waals surface area contributed by atoms with Crippen molar-refractivity contribution in [2.75, 3.05) is 19.0 Å². The van der Waals surface area contributed by atoms with E-state index >= 15 is 0 Å². The molecule has 2 rings (SSSR count). The second-order valence-electron chi connectivity index (χ2n) is 6.87. The number of esters is 1. The van der Waals surface area contributed by atoms with Crippen LogP contribution in [-0.2, 0) is 14.3 Å². The molecule has 36 heavy (non-hydrogen) atoms. The summed E-state index contributed by atoms with van der Waals surface area (Å²) in [6.45, 7) is 10.8. The van der Waals surface area contributed by atoms with Crippen LogP contribution in [-0.4, -0.2) is 30.5 Å². The summed E-state index contributed by atoms with van der Waals surface area (Å²) in [5.41, 5.74) is 1.58. The lowest BCUT2D eigenvalue weighted by atomic mass is 10.1. The molecule has 11 heteroatoms. The van der Waals surface area contributed by atoms with Crippen LogP contribution in [0.25, 0.3) is 5.76 Å². The molecular formula is C25H26ClN3O6S. The van der Waals surface area contributed by atoms with E-state index in [2.05, 4.69) is 11.9 Å². The number of aryl methyl sites for hydroxylation is 1. The van der Waals surface area contributed by atoms with Gasteiger partial charge in [0.2, 0.25) is 0 Å². The summed E-state index contributed by atoms with van der Waals surface area (Å²) in [7, 11) is 1.48. The number of anilines is 1. The number of nitriles is 1. The molecule has 0 saturated heterocycles. The van der Waals surface area contributed by atoms with Gasteiger partial charge >= 0.3 is 5.97 Å². The van der Waals surface area contributed by atoms with E-state index in [0.717, 1.165) is 10.4 Å². The maximum absolute atomic E-state index is 11.9. The summed E-state index contributed by atoms with van der Waals surface area (Å²) in [5, 5.41) is 22.6. The third-order valence-electron chi connectivity index (χ3n) is 4.66. The molecule has 1 aromatic carbocycles. The second kappa shape index (κ2) is 14.5. The van der Waals surface area contributed by atoms with Crippen LogP contribution in [0.4, 0.5) is 10.7 Å². The highest BCUT2D eigenvalue weighted by atomic mass is 35.5. The number of carbonyl (C=O) groups is 2. The lowest BCUT2D eigenvalue weighted by Crippen LogP contribution is -2.15. The van der Waals surface area contributed by atoms with Gasteiger partial charge in [0.05, 0.1) is 24.2 Å². The monoisotopic (exact) mass is 531 g/mol. The van der Waals surface area contributed by atoms with Crippen molar-refractivity contribution in [3.63, 3.8) is 0 Å². The van der Waals surface area contributed by atoms with Crippen LogP contribution in [0.5, 0.6) is 0 Å². The third kappa shape index (κ3) is 7.80. The Morgan fingerprint density at radius 1 is 1.36 bits per heavy atom. The predicted molar refractivity (Wildman–Crippen MR) is 141 cm³/mol. The lowest BCUT2D eigenvalue weighted by molar-refractivity contribution is -0.384. The van der Waals surface area contributed by atoms with E-state index in [0.29, 0.717) is 21.9 Å². The number of halogens is 1. The van der Waals surface area contributed by atoms with Crippen molar-refractivity contribution in [3.8, 4) is 6.07 Å². The fraction of sp³-hybridized carbons (Fsp3) is 0.240. The minimum Gasteiger partial charge on any atom is -0.496 e. The molecular weight excluding hydrogens is 506 g/mol. The highest BCUT2D eigenvalue weighted by Gasteiger charge is 2.22. The topological polar surface area (TPSA) is 132 Å². The highest BCUT2D eigenvalue weighted by Crippen LogP contribution is 2.33. The predicted octanol–water partition coefficient (Wildman–Crippen LogP) is 6.37. The molecule has 2 aromatic rings. The first-order valence-electron chi connectivity index (χ1n) is 10.5. The molecule has 1 amide bonds. The average Bonchev–Trinajstić information content (AvgIpc) is 3.11. The smallest absolute Gasteiger partial charge is 0.341 e. The van der Waals surface area contributed by atoms with Gasteiger partial charge in [0, 0.05) is 16.5 Å². The van der Waals surface area contributed by atoms with Crippen molar-refractivity contribution in [1.82, 2.24) is 0 Å². The normalized spacial score (nSPS) is 10.9. The first-order chi connectivity index (χ1) is 17.1. The Hall–Kier alpha value is -3.94. The van der Waals surface area contributed by atoms with Crippen molar-refractivity contribution in [3.05, 3.63) is 85.3 Å². The molecule has 190 valence electrons. The van der Waals surface area contributed by atoms with E-state index in [1.165, 1.54) is 36.7 Å². The van der Waals surface area contributed by atoms with Crippen LogP contribution >= 0.6 is 22.9 Å². The van der Waals surface area contributed by atoms with Crippen LogP contribution < -0.4 is 5.32 Å². The zero-order valence-corrected chi connectivity index (χ0v) is 22.1. The Morgan fingerprint density at radius 3 is 2.53 bits per heavy atom. The first kappa shape index (κ1) is 30.1. The van der Waals surface area contributed by atoms with Gasteiger partial charge in [0.25, 0.3) is 11.6 Å². The van der Waals surface area contributed by atoms with Gasteiger partial charge in [-0.05, 0) is 51.5 Å². The van der Waals surface area contributed by atoms with Gasteiger partial charge in [0.15, 0.2) is 0 Å². The molecule has 1 N–H and O–H groups in total. The number of nitrogens with zero attached hydrogens (tertiary/aromatic N) is 2. The van der Waals surface area contributed by atoms with Crippen LogP contribution in [0.15, 0.2) is 48.6 Å². The largest absolute Gasteiger partial charge is 0.496 e. The molecule has 0 bridgehead atoms. The summed E-state index contributed by atoms with van der Waals surface area (Å²) in [5.74, 6) is -0.500. The van der Waals surface area contributed by atoms with Gasteiger partial charge in [-0.25, -0.2) is 4.79 Å². The molecule has 0 aliphatic rings. The van der Waals surface area contributed by atoms with E-state index in [9.17, 15) is 19.7 Å². The highest BCUT2D eigenvalue weighted by molar-refractivity contribution is 7.16. The number of nitro benzene ring substituents is 1. The Balaban J connectivity index is 0.000000369. The van der Waals surface area contributed by atoms with Crippen molar-refractivity contribution >= 4 is 51.3 Å². The lowest BCUT2D eigenvalue weighted by Gasteiger charge is -2.06. The number of hydrogen-bond donors (Lipinski definition) is 1. The molecule has 1 heterocycles. The quantitative estimate of drug-likeness (QED) is 0.0795. The Morgan fingerprint density at radius 2 is 2.03 bits per heavy atom. The van der Waals surface area contributed by atoms with Gasteiger partial charge in [-0.2, -0.15) is 5.26 Å². The number of carbonyl (C=O) groups excluding carboxylic acids is 2. The molecule has 9 nitrogen and oxygen atoms in total. The number of ether oxygens (including phenoxy) is 2. The Labute approximate surface area is 218 Å². The van der Waals surface area contributed by atoms with Crippen LogP contribution in [0.1, 0.15) is 40.2 Å². The number of nitrogens with one attached hydrogen (secondary N) is 1. The summed E-state index contributed by atoms with van der Waals surface area (Å²) >= 11 is 6.99. The van der Waals surface area contributed by atoms with Crippen LogP contribution in [0.3, 0.4) is 0 Å². The van der Waals surface area contributed by atoms with Gasteiger partial charge in [-0.15, -0.1) is 11.3 Å². The first-order valence-corrected chi connectivity index (χ1v) is 11.7. The number of allylic oxidation sites excluding steroid dienone is 3. The van der Waals surface area contributed by atoms with E-state index in [4.69, 9.17) is 26.3 Å². The van der Waals surface area contributed by atoms with Gasteiger partial charge in [0.1, 0.15) is 27.4 Å². The molecule has 0 radical (unpaired) electrons. The second-order valence-corrected chi connectivity index (χ2v) is 8.50. The standard InChI is InChI=1S/C14H16N2O3S.C11H10ClNO3/c1-5-10(7-15)12(17)16-13-11(14(18)19-6-2)8(3)9(4)20-13;1-3-4-11(16-2)8-5-6-9(12)10(7-8)13(14)15/h5H,6H2,1-4H3,(H,16,17);3-7H,1H2,2H3/b10-5+;11-4-. The van der Waals surface area contributed by atoms with Gasteiger partial charge in [-0.1, -0.05) is 30.3 Å². The summed E-state index contributed by atoms with van der Waals surface area (Å²) in [6, 6.07) is 6.28. The molecule has 0 fully saturated rings. The van der Waals surface area contributed by atoms with Gasteiger partial charge < -0.3 is 14.8 Å². The number of methoxy groups -OCH3 is 1. The number of hydrogen-bond acceptors (Lipinski definition) is 8. The summed E-state index contributed by atoms with van der Waals surface area (Å²) < 4.78 is 10.1.